The smallest absolute Gasteiger partial charge is 0.407 e. The van der Waals surface area contributed by atoms with E-state index in [0.29, 0.717) is 18.8 Å². The molecule has 1 aromatic rings. The molecule has 7 nitrogen and oxygen atoms in total. The van der Waals surface area contributed by atoms with Gasteiger partial charge in [0.05, 0.1) is 12.6 Å². The van der Waals surface area contributed by atoms with Gasteiger partial charge in [-0.1, -0.05) is 0 Å². The molecule has 0 fully saturated rings. The van der Waals surface area contributed by atoms with E-state index in [9.17, 15) is 9.59 Å². The van der Waals surface area contributed by atoms with E-state index in [1.54, 1.807) is 33.8 Å². The Morgan fingerprint density at radius 1 is 1.41 bits per heavy atom. The molecule has 1 aromatic heterocycles. The van der Waals surface area contributed by atoms with Crippen LogP contribution in [0.2, 0.25) is 0 Å². The minimum absolute atomic E-state index is 0. The number of carbonyl (C=O) groups excluding carboxylic acids is 2. The normalized spacial score (nSPS) is 12.0. The average Bonchev–Trinajstić information content (AvgIpc) is 2.83. The van der Waals surface area contributed by atoms with Crippen LogP contribution in [0.15, 0.2) is 12.3 Å². The Hall–Kier alpha value is -1.70. The number of nitrogens with one attached hydrogen (secondary N) is 1. The number of carbonyl (C=O) groups is 2. The van der Waals surface area contributed by atoms with Gasteiger partial charge in [-0.3, -0.25) is 4.68 Å². The summed E-state index contributed by atoms with van der Waals surface area (Å²) in [6.45, 7) is 9.56. The first-order valence-electron chi connectivity index (χ1n) is 6.92. The lowest BCUT2D eigenvalue weighted by Crippen LogP contribution is -2.36. The zero-order valence-corrected chi connectivity index (χ0v) is 14.7. The van der Waals surface area contributed by atoms with Crippen LogP contribution in [0, 0.1) is 0 Å². The molecule has 0 saturated carbocycles. The number of alkyl carbamates (subject to hydrolysis) is 1. The van der Waals surface area contributed by atoms with Crippen molar-refractivity contribution in [3.05, 3.63) is 18.0 Å². The maximum atomic E-state index is 11.8. The van der Waals surface area contributed by atoms with Crippen LogP contribution in [-0.2, 0) is 9.47 Å². The maximum Gasteiger partial charge on any atom is 0.407 e. The third-order valence-corrected chi connectivity index (χ3v) is 2.51. The van der Waals surface area contributed by atoms with Crippen molar-refractivity contribution in [2.75, 3.05) is 13.2 Å². The summed E-state index contributed by atoms with van der Waals surface area (Å²) in [7, 11) is 0. The summed E-state index contributed by atoms with van der Waals surface area (Å²) in [5, 5.41) is 6.75. The van der Waals surface area contributed by atoms with Crippen LogP contribution >= 0.6 is 13.5 Å². The summed E-state index contributed by atoms with van der Waals surface area (Å²) >= 11 is 0. The number of ether oxygens (including phenoxy) is 2. The zero-order valence-electron chi connectivity index (χ0n) is 13.7. The molecule has 0 unspecified atom stereocenters. The van der Waals surface area contributed by atoms with Gasteiger partial charge in [0, 0.05) is 12.7 Å². The molecule has 0 aliphatic carbocycles. The lowest BCUT2D eigenvalue weighted by molar-refractivity contribution is 0.0508. The van der Waals surface area contributed by atoms with Gasteiger partial charge in [0.2, 0.25) is 0 Å². The van der Waals surface area contributed by atoms with Gasteiger partial charge in [0.15, 0.2) is 0 Å². The molecule has 0 bridgehead atoms. The van der Waals surface area contributed by atoms with Crippen molar-refractivity contribution in [1.29, 1.82) is 0 Å². The molecule has 0 aromatic carbocycles. The summed E-state index contributed by atoms with van der Waals surface area (Å²) < 4.78 is 11.6. The number of esters is 1. The van der Waals surface area contributed by atoms with E-state index in [2.05, 4.69) is 10.4 Å². The lowest BCUT2D eigenvalue weighted by atomic mass is 10.2. The van der Waals surface area contributed by atoms with Crippen LogP contribution in [0.4, 0.5) is 4.79 Å². The molecule has 1 atom stereocenters. The van der Waals surface area contributed by atoms with Crippen LogP contribution in [0.5, 0.6) is 0 Å². The highest BCUT2D eigenvalue weighted by molar-refractivity contribution is 7.59. The minimum atomic E-state index is -0.547. The van der Waals surface area contributed by atoms with Crippen LogP contribution in [0.3, 0.4) is 0 Å². The second-order valence-electron chi connectivity index (χ2n) is 5.61. The van der Waals surface area contributed by atoms with E-state index >= 15 is 0 Å². The Kier molecular flexibility index (Phi) is 8.00. The molecule has 8 heteroatoms. The van der Waals surface area contributed by atoms with Gasteiger partial charge in [-0.25, -0.2) is 9.59 Å². The standard InChI is InChI=1S/C14H23N3O4.H2S/c1-6-20-12(18)11-7-8-16-17(11)10(2)9-15-13(19)21-14(3,4)5;/h7-8,10H,6,9H2,1-5H3,(H,15,19);1H2/t10-;/m0./s1. The Labute approximate surface area is 137 Å². The Morgan fingerprint density at radius 3 is 2.59 bits per heavy atom. The van der Waals surface area contributed by atoms with E-state index in [-0.39, 0.29) is 19.5 Å². The molecule has 0 aliphatic heterocycles. The molecular weight excluding hydrogens is 306 g/mol. The molecule has 126 valence electrons. The summed E-state index contributed by atoms with van der Waals surface area (Å²) in [6, 6.07) is 1.38. The van der Waals surface area contributed by atoms with Crippen molar-refractivity contribution >= 4 is 25.6 Å². The molecule has 22 heavy (non-hydrogen) atoms. The van der Waals surface area contributed by atoms with Crippen molar-refractivity contribution in [3.63, 3.8) is 0 Å². The molecule has 1 heterocycles. The second-order valence-corrected chi connectivity index (χ2v) is 5.61. The Morgan fingerprint density at radius 2 is 2.05 bits per heavy atom. The fourth-order valence-corrected chi connectivity index (χ4v) is 1.66. The summed E-state index contributed by atoms with van der Waals surface area (Å²) in [6.07, 6.45) is 1.02. The number of hydrogen-bond acceptors (Lipinski definition) is 5. The SMILES string of the molecule is CCOC(=O)c1ccnn1[C@@H](C)CNC(=O)OC(C)(C)C.S. The lowest BCUT2D eigenvalue weighted by Gasteiger charge is -2.21. The van der Waals surface area contributed by atoms with Crippen LogP contribution < -0.4 is 5.32 Å². The van der Waals surface area contributed by atoms with Gasteiger partial charge in [-0.05, 0) is 40.7 Å². The van der Waals surface area contributed by atoms with E-state index in [4.69, 9.17) is 9.47 Å². The second kappa shape index (κ2) is 8.67. The number of amides is 1. The predicted octanol–water partition coefficient (Wildman–Crippen LogP) is 2.26. The van der Waals surface area contributed by atoms with E-state index in [1.807, 2.05) is 6.92 Å². The highest BCUT2D eigenvalue weighted by atomic mass is 32.1. The van der Waals surface area contributed by atoms with Crippen LogP contribution in [0.25, 0.3) is 0 Å². The number of nitrogens with zero attached hydrogens (tertiary/aromatic N) is 2. The molecule has 0 saturated heterocycles. The van der Waals surface area contributed by atoms with Crippen molar-refractivity contribution in [2.45, 2.75) is 46.3 Å². The fraction of sp³-hybridized carbons (Fsp3) is 0.643. The number of rotatable bonds is 5. The first kappa shape index (κ1) is 20.3. The Balaban J connectivity index is 0.00000441. The summed E-state index contributed by atoms with van der Waals surface area (Å²) in [5.41, 5.74) is -0.190. The molecular formula is C14H25N3O4S. The van der Waals surface area contributed by atoms with Crippen LogP contribution in [-0.4, -0.2) is 40.6 Å². The highest BCUT2D eigenvalue weighted by Gasteiger charge is 2.20. The zero-order chi connectivity index (χ0) is 16.0. The van der Waals surface area contributed by atoms with Gasteiger partial charge in [0.1, 0.15) is 11.3 Å². The maximum absolute atomic E-state index is 11.8. The molecule has 0 aliphatic rings. The van der Waals surface area contributed by atoms with Gasteiger partial charge in [-0.2, -0.15) is 18.6 Å². The first-order chi connectivity index (χ1) is 9.74. The summed E-state index contributed by atoms with van der Waals surface area (Å²) in [5.74, 6) is -0.431. The molecule has 1 N–H and O–H groups in total. The van der Waals surface area contributed by atoms with Gasteiger partial charge in [0.25, 0.3) is 0 Å². The molecule has 0 radical (unpaired) electrons. The first-order valence-corrected chi connectivity index (χ1v) is 6.92. The highest BCUT2D eigenvalue weighted by Crippen LogP contribution is 2.11. The van der Waals surface area contributed by atoms with Crippen molar-refractivity contribution < 1.29 is 19.1 Å². The minimum Gasteiger partial charge on any atom is -0.461 e. The van der Waals surface area contributed by atoms with Gasteiger partial charge < -0.3 is 14.8 Å². The Bertz CT molecular complexity index is 497. The summed E-state index contributed by atoms with van der Waals surface area (Å²) in [4.78, 5) is 23.4. The van der Waals surface area contributed by atoms with Crippen LogP contribution in [0.1, 0.15) is 51.1 Å². The number of aromatic nitrogens is 2. The van der Waals surface area contributed by atoms with E-state index in [1.165, 1.54) is 10.9 Å². The quantitative estimate of drug-likeness (QED) is 0.837. The van der Waals surface area contributed by atoms with Gasteiger partial charge in [-0.15, -0.1) is 0 Å². The topological polar surface area (TPSA) is 82.5 Å². The van der Waals surface area contributed by atoms with Crippen molar-refractivity contribution in [3.8, 4) is 0 Å². The van der Waals surface area contributed by atoms with Crippen molar-refractivity contribution in [2.24, 2.45) is 0 Å². The number of hydrogen-bond donors (Lipinski definition) is 1. The van der Waals surface area contributed by atoms with E-state index in [0.717, 1.165) is 0 Å². The monoisotopic (exact) mass is 331 g/mol. The largest absolute Gasteiger partial charge is 0.461 e. The van der Waals surface area contributed by atoms with Crippen molar-refractivity contribution in [1.82, 2.24) is 15.1 Å². The average molecular weight is 331 g/mol. The fourth-order valence-electron chi connectivity index (χ4n) is 1.66. The molecule has 1 amide bonds. The third-order valence-electron chi connectivity index (χ3n) is 2.51. The predicted molar refractivity (Wildman–Crippen MR) is 87.5 cm³/mol. The third kappa shape index (κ3) is 6.38. The molecule has 1 rings (SSSR count). The molecule has 0 spiro atoms. The van der Waals surface area contributed by atoms with E-state index < -0.39 is 17.7 Å². The van der Waals surface area contributed by atoms with Gasteiger partial charge >= 0.3 is 12.1 Å².